The van der Waals surface area contributed by atoms with Crippen LogP contribution in [-0.4, -0.2) is 30.4 Å². The lowest BCUT2D eigenvalue weighted by molar-refractivity contribution is -0.124. The standard InChI is InChI=1S/C23H29FN2O/c1-17-9-3-5-11-20(17)22(26-13-7-8-14-26)16-25-23(27)18(2)15-19-10-4-6-12-21(19)24/h3-6,9-12,18,22H,7-8,13-16H2,1-2H3,(H,25,27). The van der Waals surface area contributed by atoms with Crippen LogP contribution in [0.25, 0.3) is 0 Å². The van der Waals surface area contributed by atoms with Crippen molar-refractivity contribution >= 4 is 5.91 Å². The molecule has 1 N–H and O–H groups in total. The molecule has 3 rings (SSSR count). The Morgan fingerprint density at radius 1 is 1.11 bits per heavy atom. The first-order valence-corrected chi connectivity index (χ1v) is 9.87. The van der Waals surface area contributed by atoms with Crippen molar-refractivity contribution in [2.45, 2.75) is 39.2 Å². The van der Waals surface area contributed by atoms with Gasteiger partial charge in [0.2, 0.25) is 5.91 Å². The monoisotopic (exact) mass is 368 g/mol. The number of amides is 1. The highest BCUT2D eigenvalue weighted by Gasteiger charge is 2.26. The molecule has 2 unspecified atom stereocenters. The molecule has 0 spiro atoms. The molecular weight excluding hydrogens is 339 g/mol. The summed E-state index contributed by atoms with van der Waals surface area (Å²) in [4.78, 5) is 15.1. The van der Waals surface area contributed by atoms with Crippen LogP contribution >= 0.6 is 0 Å². The average Bonchev–Trinajstić information content (AvgIpc) is 3.19. The van der Waals surface area contributed by atoms with Gasteiger partial charge in [0, 0.05) is 12.5 Å². The molecule has 1 saturated heterocycles. The van der Waals surface area contributed by atoms with Gasteiger partial charge in [-0.3, -0.25) is 9.69 Å². The minimum Gasteiger partial charge on any atom is -0.354 e. The molecule has 1 heterocycles. The average molecular weight is 368 g/mol. The predicted molar refractivity (Wildman–Crippen MR) is 107 cm³/mol. The maximum atomic E-state index is 13.9. The van der Waals surface area contributed by atoms with E-state index in [1.165, 1.54) is 30.0 Å². The van der Waals surface area contributed by atoms with E-state index in [4.69, 9.17) is 0 Å². The van der Waals surface area contributed by atoms with Crippen LogP contribution in [0.2, 0.25) is 0 Å². The van der Waals surface area contributed by atoms with E-state index in [0.717, 1.165) is 13.1 Å². The number of aryl methyl sites for hydroxylation is 1. The van der Waals surface area contributed by atoms with E-state index in [1.54, 1.807) is 12.1 Å². The minimum atomic E-state index is -0.266. The normalized spacial score (nSPS) is 16.9. The number of halogens is 1. The molecule has 1 amide bonds. The van der Waals surface area contributed by atoms with Gasteiger partial charge in [0.1, 0.15) is 5.82 Å². The molecule has 144 valence electrons. The number of nitrogens with zero attached hydrogens (tertiary/aromatic N) is 1. The van der Waals surface area contributed by atoms with Gasteiger partial charge < -0.3 is 5.32 Å². The summed E-state index contributed by atoms with van der Waals surface area (Å²) in [5.74, 6) is -0.527. The number of nitrogens with one attached hydrogen (secondary N) is 1. The van der Waals surface area contributed by atoms with Crippen LogP contribution in [0.15, 0.2) is 48.5 Å². The van der Waals surface area contributed by atoms with Crippen molar-refractivity contribution in [3.63, 3.8) is 0 Å². The number of rotatable bonds is 7. The first-order chi connectivity index (χ1) is 13.1. The van der Waals surface area contributed by atoms with Crippen LogP contribution in [0.1, 0.15) is 42.5 Å². The molecule has 1 fully saturated rings. The van der Waals surface area contributed by atoms with Gasteiger partial charge in [-0.2, -0.15) is 0 Å². The molecule has 2 aromatic rings. The maximum absolute atomic E-state index is 13.9. The van der Waals surface area contributed by atoms with Crippen molar-refractivity contribution < 1.29 is 9.18 Å². The highest BCUT2D eigenvalue weighted by atomic mass is 19.1. The molecular formula is C23H29FN2O. The zero-order chi connectivity index (χ0) is 19.2. The van der Waals surface area contributed by atoms with E-state index in [-0.39, 0.29) is 23.7 Å². The smallest absolute Gasteiger partial charge is 0.223 e. The summed E-state index contributed by atoms with van der Waals surface area (Å²) in [6.45, 7) is 6.71. The Hall–Kier alpha value is -2.20. The highest BCUT2D eigenvalue weighted by molar-refractivity contribution is 5.78. The van der Waals surface area contributed by atoms with Crippen LogP contribution in [-0.2, 0) is 11.2 Å². The van der Waals surface area contributed by atoms with Crippen LogP contribution in [0.5, 0.6) is 0 Å². The Bertz CT molecular complexity index is 770. The Morgan fingerprint density at radius 2 is 1.78 bits per heavy atom. The van der Waals surface area contributed by atoms with Gasteiger partial charge in [-0.05, 0) is 62.0 Å². The Balaban J connectivity index is 1.65. The van der Waals surface area contributed by atoms with Gasteiger partial charge in [0.25, 0.3) is 0 Å². The molecule has 0 aliphatic carbocycles. The largest absolute Gasteiger partial charge is 0.354 e. The number of hydrogen-bond acceptors (Lipinski definition) is 2. The third-order valence-corrected chi connectivity index (χ3v) is 5.53. The number of benzene rings is 2. The zero-order valence-corrected chi connectivity index (χ0v) is 16.2. The van der Waals surface area contributed by atoms with Crippen LogP contribution < -0.4 is 5.32 Å². The lowest BCUT2D eigenvalue weighted by Crippen LogP contribution is -2.39. The van der Waals surface area contributed by atoms with E-state index in [9.17, 15) is 9.18 Å². The molecule has 4 heteroatoms. The second-order valence-electron chi connectivity index (χ2n) is 7.56. The molecule has 1 aliphatic rings. The van der Waals surface area contributed by atoms with Gasteiger partial charge in [0.15, 0.2) is 0 Å². The SMILES string of the molecule is Cc1ccccc1C(CNC(=O)C(C)Cc1ccccc1F)N1CCCC1. The number of likely N-dealkylation sites (tertiary alicyclic amines) is 1. The van der Waals surface area contributed by atoms with Crippen molar-refractivity contribution in [3.05, 3.63) is 71.0 Å². The van der Waals surface area contributed by atoms with E-state index in [2.05, 4.69) is 41.4 Å². The van der Waals surface area contributed by atoms with Crippen LogP contribution in [0.3, 0.4) is 0 Å². The van der Waals surface area contributed by atoms with Gasteiger partial charge in [0.05, 0.1) is 6.04 Å². The van der Waals surface area contributed by atoms with Crippen molar-refractivity contribution in [2.75, 3.05) is 19.6 Å². The summed E-state index contributed by atoms with van der Waals surface area (Å²) >= 11 is 0. The first kappa shape index (κ1) is 19.6. The summed E-state index contributed by atoms with van der Waals surface area (Å²) in [5.41, 5.74) is 3.12. The van der Waals surface area contributed by atoms with E-state index >= 15 is 0 Å². The summed E-state index contributed by atoms with van der Waals surface area (Å²) in [6, 6.07) is 15.3. The molecule has 0 aromatic heterocycles. The third kappa shape index (κ3) is 4.95. The van der Waals surface area contributed by atoms with Crippen molar-refractivity contribution in [1.82, 2.24) is 10.2 Å². The lowest BCUT2D eigenvalue weighted by Gasteiger charge is -2.30. The number of carbonyl (C=O) groups is 1. The maximum Gasteiger partial charge on any atom is 0.223 e. The van der Waals surface area contributed by atoms with E-state index in [0.29, 0.717) is 18.5 Å². The summed E-state index contributed by atoms with van der Waals surface area (Å²) < 4.78 is 13.9. The first-order valence-electron chi connectivity index (χ1n) is 9.87. The van der Waals surface area contributed by atoms with E-state index < -0.39 is 0 Å². The van der Waals surface area contributed by atoms with Gasteiger partial charge >= 0.3 is 0 Å². The molecule has 27 heavy (non-hydrogen) atoms. The Labute approximate surface area is 161 Å². The fourth-order valence-corrected chi connectivity index (χ4v) is 3.91. The topological polar surface area (TPSA) is 32.3 Å². The van der Waals surface area contributed by atoms with Gasteiger partial charge in [-0.15, -0.1) is 0 Å². The quantitative estimate of drug-likeness (QED) is 0.792. The summed E-state index contributed by atoms with van der Waals surface area (Å²) in [6.07, 6.45) is 2.83. The molecule has 0 saturated carbocycles. The van der Waals surface area contributed by atoms with Crippen molar-refractivity contribution in [1.29, 1.82) is 0 Å². The summed E-state index contributed by atoms with van der Waals surface area (Å²) in [7, 11) is 0. The number of carbonyl (C=O) groups excluding carboxylic acids is 1. The minimum absolute atomic E-state index is 0.0176. The zero-order valence-electron chi connectivity index (χ0n) is 16.2. The van der Waals surface area contributed by atoms with Crippen LogP contribution in [0, 0.1) is 18.7 Å². The molecule has 0 radical (unpaired) electrons. The summed E-state index contributed by atoms with van der Waals surface area (Å²) in [5, 5.41) is 3.12. The van der Waals surface area contributed by atoms with E-state index in [1.807, 2.05) is 13.0 Å². The fraction of sp³-hybridized carbons (Fsp3) is 0.435. The second-order valence-corrected chi connectivity index (χ2v) is 7.56. The Kier molecular flexibility index (Phi) is 6.62. The van der Waals surface area contributed by atoms with Gasteiger partial charge in [-0.25, -0.2) is 4.39 Å². The molecule has 2 aromatic carbocycles. The molecule has 1 aliphatic heterocycles. The van der Waals surface area contributed by atoms with Crippen LogP contribution in [0.4, 0.5) is 4.39 Å². The Morgan fingerprint density at radius 3 is 2.48 bits per heavy atom. The highest BCUT2D eigenvalue weighted by Crippen LogP contribution is 2.27. The molecule has 3 nitrogen and oxygen atoms in total. The predicted octanol–water partition coefficient (Wildman–Crippen LogP) is 4.27. The third-order valence-electron chi connectivity index (χ3n) is 5.53. The molecule has 0 bridgehead atoms. The molecule has 2 atom stereocenters. The second kappa shape index (κ2) is 9.14. The lowest BCUT2D eigenvalue weighted by atomic mass is 9.98. The number of hydrogen-bond donors (Lipinski definition) is 1. The fourth-order valence-electron chi connectivity index (χ4n) is 3.91. The van der Waals surface area contributed by atoms with Crippen molar-refractivity contribution in [3.8, 4) is 0 Å². The van der Waals surface area contributed by atoms with Crippen molar-refractivity contribution in [2.24, 2.45) is 5.92 Å². The van der Waals surface area contributed by atoms with Gasteiger partial charge in [-0.1, -0.05) is 49.4 Å².